The summed E-state index contributed by atoms with van der Waals surface area (Å²) in [5.74, 6) is 0.153. The van der Waals surface area contributed by atoms with Crippen molar-refractivity contribution >= 4 is 5.78 Å². The molecule has 1 aliphatic rings. The van der Waals surface area contributed by atoms with Gasteiger partial charge in [-0.1, -0.05) is 24.2 Å². The fourth-order valence-corrected chi connectivity index (χ4v) is 2.86. The molecule has 3 rings (SSSR count). The van der Waals surface area contributed by atoms with Gasteiger partial charge in [0, 0.05) is 37.5 Å². The van der Waals surface area contributed by atoms with Crippen molar-refractivity contribution in [1.82, 2.24) is 20.4 Å². The van der Waals surface area contributed by atoms with Gasteiger partial charge in [-0.2, -0.15) is 4.98 Å². The number of nitrogens with one attached hydrogen (secondary N) is 1. The number of carbonyl (C=O) groups is 1. The van der Waals surface area contributed by atoms with Crippen molar-refractivity contribution < 1.29 is 13.7 Å². The molecular weight excluding hydrogens is 311 g/mol. The number of benzene rings is 1. The van der Waals surface area contributed by atoms with E-state index in [0.29, 0.717) is 23.7 Å². The van der Waals surface area contributed by atoms with Crippen LogP contribution >= 0.6 is 0 Å². The number of carbonyl (C=O) groups excluding carboxylic acids is 1. The monoisotopic (exact) mass is 332 g/mol. The van der Waals surface area contributed by atoms with Crippen LogP contribution in [0, 0.1) is 11.7 Å². The first kappa shape index (κ1) is 16.7. The summed E-state index contributed by atoms with van der Waals surface area (Å²) < 4.78 is 18.6. The molecule has 6 nitrogen and oxygen atoms in total. The molecule has 0 spiro atoms. The fourth-order valence-electron chi connectivity index (χ4n) is 2.86. The number of piperazine rings is 1. The van der Waals surface area contributed by atoms with Crippen LogP contribution in [0.5, 0.6) is 0 Å². The Morgan fingerprint density at radius 1 is 1.54 bits per heavy atom. The van der Waals surface area contributed by atoms with E-state index in [0.717, 1.165) is 19.6 Å². The summed E-state index contributed by atoms with van der Waals surface area (Å²) in [5.41, 5.74) is 0.360. The lowest BCUT2D eigenvalue weighted by atomic mass is 9.96. The Hall–Kier alpha value is -2.12. The first-order valence-corrected chi connectivity index (χ1v) is 8.08. The highest BCUT2D eigenvalue weighted by Gasteiger charge is 2.26. The largest absolute Gasteiger partial charge is 0.339 e. The van der Waals surface area contributed by atoms with Crippen molar-refractivity contribution in [2.24, 2.45) is 5.92 Å². The smallest absolute Gasteiger partial charge is 0.227 e. The lowest BCUT2D eigenvalue weighted by Gasteiger charge is -2.30. The van der Waals surface area contributed by atoms with Crippen LogP contribution in [-0.2, 0) is 6.42 Å². The van der Waals surface area contributed by atoms with Gasteiger partial charge in [0.15, 0.2) is 11.6 Å². The molecule has 1 saturated heterocycles. The van der Waals surface area contributed by atoms with E-state index in [1.54, 1.807) is 13.0 Å². The highest BCUT2D eigenvalue weighted by atomic mass is 19.1. The van der Waals surface area contributed by atoms with Crippen LogP contribution in [0.1, 0.15) is 35.0 Å². The molecular formula is C17H21FN4O2. The van der Waals surface area contributed by atoms with Crippen molar-refractivity contribution in [2.45, 2.75) is 19.4 Å². The molecule has 128 valence electrons. The van der Waals surface area contributed by atoms with Gasteiger partial charge in [-0.15, -0.1) is 0 Å². The van der Waals surface area contributed by atoms with Gasteiger partial charge in [-0.3, -0.25) is 9.69 Å². The number of likely N-dealkylation sites (N-methyl/N-ethyl adjacent to an activating group) is 1. The fraction of sp³-hybridized carbons (Fsp3) is 0.471. The molecule has 2 aromatic rings. The minimum atomic E-state index is -0.416. The van der Waals surface area contributed by atoms with Gasteiger partial charge in [0.05, 0.1) is 6.04 Å². The number of aromatic nitrogens is 2. The zero-order chi connectivity index (χ0) is 17.1. The molecule has 2 unspecified atom stereocenters. The van der Waals surface area contributed by atoms with Crippen LogP contribution < -0.4 is 5.32 Å². The molecule has 1 aromatic carbocycles. The minimum absolute atomic E-state index is 0.0745. The molecule has 1 N–H and O–H groups in total. The van der Waals surface area contributed by atoms with E-state index in [1.807, 2.05) is 7.05 Å². The van der Waals surface area contributed by atoms with Gasteiger partial charge in [-0.25, -0.2) is 4.39 Å². The highest BCUT2D eigenvalue weighted by molar-refractivity contribution is 5.97. The number of hydrogen-bond donors (Lipinski definition) is 1. The second-order valence-corrected chi connectivity index (χ2v) is 6.23. The van der Waals surface area contributed by atoms with Crippen LogP contribution in [0.4, 0.5) is 4.39 Å². The second-order valence-electron chi connectivity index (χ2n) is 6.23. The van der Waals surface area contributed by atoms with Gasteiger partial charge in [0.1, 0.15) is 5.82 Å². The van der Waals surface area contributed by atoms with Crippen molar-refractivity contribution in [1.29, 1.82) is 0 Å². The van der Waals surface area contributed by atoms with E-state index < -0.39 is 5.82 Å². The molecule has 24 heavy (non-hydrogen) atoms. The predicted octanol–water partition coefficient (Wildman–Crippen LogP) is 1.85. The van der Waals surface area contributed by atoms with Crippen molar-refractivity contribution in [2.75, 3.05) is 26.7 Å². The Kier molecular flexibility index (Phi) is 5.01. The molecule has 7 heteroatoms. The van der Waals surface area contributed by atoms with E-state index in [9.17, 15) is 9.18 Å². The predicted molar refractivity (Wildman–Crippen MR) is 86.1 cm³/mol. The van der Waals surface area contributed by atoms with E-state index in [-0.39, 0.29) is 17.7 Å². The van der Waals surface area contributed by atoms with Crippen LogP contribution in [-0.4, -0.2) is 47.5 Å². The second kappa shape index (κ2) is 7.19. The number of halogens is 1. The van der Waals surface area contributed by atoms with Gasteiger partial charge in [0.2, 0.25) is 5.89 Å². The number of Topliss-reactive ketones (excluding diaryl/α,β-unsaturated/α-hetero) is 1. The maximum Gasteiger partial charge on any atom is 0.227 e. The third-order valence-corrected chi connectivity index (χ3v) is 4.33. The summed E-state index contributed by atoms with van der Waals surface area (Å²) in [6.45, 7) is 4.42. The molecule has 0 aliphatic carbocycles. The van der Waals surface area contributed by atoms with Crippen molar-refractivity contribution in [3.05, 3.63) is 47.4 Å². The van der Waals surface area contributed by atoms with E-state index >= 15 is 0 Å². The highest BCUT2D eigenvalue weighted by Crippen LogP contribution is 2.20. The van der Waals surface area contributed by atoms with Crippen molar-refractivity contribution in [3.8, 4) is 0 Å². The number of rotatable bonds is 5. The van der Waals surface area contributed by atoms with Gasteiger partial charge < -0.3 is 9.84 Å². The zero-order valence-corrected chi connectivity index (χ0v) is 13.8. The average Bonchev–Trinajstić information content (AvgIpc) is 3.02. The van der Waals surface area contributed by atoms with Crippen LogP contribution in [0.2, 0.25) is 0 Å². The minimum Gasteiger partial charge on any atom is -0.339 e. The Bertz CT molecular complexity index is 718. The molecule has 0 bridgehead atoms. The lowest BCUT2D eigenvalue weighted by molar-refractivity contribution is 0.0923. The third-order valence-electron chi connectivity index (χ3n) is 4.33. The maximum atomic E-state index is 13.3. The normalized spacial score (nSPS) is 20.0. The van der Waals surface area contributed by atoms with E-state index in [1.165, 1.54) is 18.2 Å². The molecule has 1 aliphatic heterocycles. The van der Waals surface area contributed by atoms with Gasteiger partial charge >= 0.3 is 0 Å². The Labute approximate surface area is 140 Å². The van der Waals surface area contributed by atoms with Crippen molar-refractivity contribution in [3.63, 3.8) is 0 Å². The first-order chi connectivity index (χ1) is 11.5. The number of nitrogens with zero attached hydrogens (tertiary/aromatic N) is 3. The summed E-state index contributed by atoms with van der Waals surface area (Å²) in [4.78, 5) is 19.0. The van der Waals surface area contributed by atoms with Crippen LogP contribution in [0.15, 0.2) is 28.8 Å². The van der Waals surface area contributed by atoms with E-state index in [4.69, 9.17) is 4.52 Å². The number of ketones is 1. The summed E-state index contributed by atoms with van der Waals surface area (Å²) in [5, 5.41) is 7.36. The summed E-state index contributed by atoms with van der Waals surface area (Å²) >= 11 is 0. The Morgan fingerprint density at radius 3 is 3.12 bits per heavy atom. The molecule has 0 saturated carbocycles. The van der Waals surface area contributed by atoms with E-state index in [2.05, 4.69) is 20.4 Å². The molecule has 1 fully saturated rings. The third kappa shape index (κ3) is 3.68. The average molecular weight is 332 g/mol. The summed E-state index contributed by atoms with van der Waals surface area (Å²) in [7, 11) is 2.03. The first-order valence-electron chi connectivity index (χ1n) is 8.08. The Balaban J connectivity index is 1.66. The molecule has 0 amide bonds. The summed E-state index contributed by atoms with van der Waals surface area (Å²) in [6, 6.07) is 5.79. The standard InChI is InChI=1S/C17H21FN4O2/c1-11(16(23)12-4-3-5-13(18)9-12)8-15-20-17(21-24-15)14-10-19-6-7-22(14)2/h3-5,9,11,14,19H,6-8,10H2,1-2H3. The topological polar surface area (TPSA) is 71.3 Å². The molecule has 2 atom stereocenters. The van der Waals surface area contributed by atoms with Gasteiger partial charge in [0.25, 0.3) is 0 Å². The maximum absolute atomic E-state index is 13.3. The van der Waals surface area contributed by atoms with Gasteiger partial charge in [-0.05, 0) is 19.2 Å². The zero-order valence-electron chi connectivity index (χ0n) is 13.8. The van der Waals surface area contributed by atoms with Crippen LogP contribution in [0.25, 0.3) is 0 Å². The van der Waals surface area contributed by atoms with Crippen LogP contribution in [0.3, 0.4) is 0 Å². The summed E-state index contributed by atoms with van der Waals surface area (Å²) in [6.07, 6.45) is 0.339. The quantitative estimate of drug-likeness (QED) is 0.843. The molecule has 2 heterocycles. The Morgan fingerprint density at radius 2 is 2.38 bits per heavy atom. The molecule has 0 radical (unpaired) electrons. The lowest BCUT2D eigenvalue weighted by Crippen LogP contribution is -2.44. The number of hydrogen-bond acceptors (Lipinski definition) is 6. The SMILES string of the molecule is CC(Cc1nc(C2CNCCN2C)no1)C(=O)c1cccc(F)c1. The molecule has 1 aromatic heterocycles.